The zero-order valence-electron chi connectivity index (χ0n) is 10.4. The molecule has 0 amide bonds. The van der Waals surface area contributed by atoms with E-state index in [0.717, 1.165) is 32.1 Å². The maximum atomic E-state index is 12.0. The summed E-state index contributed by atoms with van der Waals surface area (Å²) in [4.78, 5) is 12.0. The number of carbonyl (C=O) groups excluding carboxylic acids is 1. The van der Waals surface area contributed by atoms with Gasteiger partial charge >= 0.3 is 0 Å². The smallest absolute Gasteiger partial charge is 0.139 e. The van der Waals surface area contributed by atoms with Gasteiger partial charge in [0.15, 0.2) is 0 Å². The summed E-state index contributed by atoms with van der Waals surface area (Å²) < 4.78 is 0. The Morgan fingerprint density at radius 2 is 2.27 bits per heavy atom. The van der Waals surface area contributed by atoms with E-state index in [1.54, 1.807) is 0 Å². The number of unbranched alkanes of at least 4 members (excludes halogenated alkanes) is 1. The lowest BCUT2D eigenvalue weighted by Gasteiger charge is -2.32. The topological polar surface area (TPSA) is 17.1 Å². The first-order chi connectivity index (χ1) is 7.02. The molecule has 2 atom stereocenters. The monoisotopic (exact) mass is 208 g/mol. The molecule has 1 rings (SSSR count). The number of carbonyl (C=O) groups is 1. The van der Waals surface area contributed by atoms with Crippen molar-refractivity contribution in [2.45, 2.75) is 52.9 Å². The zero-order chi connectivity index (χ0) is 11.5. The van der Waals surface area contributed by atoms with Crippen LogP contribution in [0, 0.1) is 17.3 Å². The molecular formula is C14H24O. The second kappa shape index (κ2) is 4.96. The van der Waals surface area contributed by atoms with E-state index in [4.69, 9.17) is 0 Å². The molecule has 0 N–H and O–H groups in total. The molecule has 0 heterocycles. The summed E-state index contributed by atoms with van der Waals surface area (Å²) in [5.41, 5.74) is -0.0445. The molecule has 1 saturated carbocycles. The van der Waals surface area contributed by atoms with Gasteiger partial charge in [-0.3, -0.25) is 4.79 Å². The van der Waals surface area contributed by atoms with Crippen LogP contribution in [0.4, 0.5) is 0 Å². The van der Waals surface area contributed by atoms with Crippen molar-refractivity contribution in [2.24, 2.45) is 17.3 Å². The molecule has 1 nitrogen and oxygen atoms in total. The summed E-state index contributed by atoms with van der Waals surface area (Å²) in [5.74, 6) is 1.71. The van der Waals surface area contributed by atoms with E-state index in [9.17, 15) is 4.79 Å². The maximum absolute atomic E-state index is 12.0. The van der Waals surface area contributed by atoms with Gasteiger partial charge in [-0.15, -0.1) is 6.58 Å². The number of hydrogen-bond acceptors (Lipinski definition) is 1. The van der Waals surface area contributed by atoms with Crippen LogP contribution in [-0.2, 0) is 4.79 Å². The van der Waals surface area contributed by atoms with Crippen molar-refractivity contribution < 1.29 is 4.79 Å². The highest BCUT2D eigenvalue weighted by atomic mass is 16.1. The average Bonchev–Trinajstić information content (AvgIpc) is 2.44. The summed E-state index contributed by atoms with van der Waals surface area (Å²) in [7, 11) is 0. The van der Waals surface area contributed by atoms with Gasteiger partial charge < -0.3 is 0 Å². The van der Waals surface area contributed by atoms with Crippen LogP contribution in [0.1, 0.15) is 52.9 Å². The molecule has 0 saturated heterocycles. The molecule has 1 heteroatoms. The first kappa shape index (κ1) is 12.5. The van der Waals surface area contributed by atoms with Crippen LogP contribution in [0.2, 0.25) is 0 Å². The highest BCUT2D eigenvalue weighted by Gasteiger charge is 2.46. The number of ketones is 1. The minimum atomic E-state index is -0.0445. The molecule has 0 radical (unpaired) electrons. The molecule has 1 aliphatic carbocycles. The molecule has 15 heavy (non-hydrogen) atoms. The van der Waals surface area contributed by atoms with Crippen molar-refractivity contribution in [3.8, 4) is 0 Å². The molecule has 0 unspecified atom stereocenters. The highest BCUT2D eigenvalue weighted by molar-refractivity contribution is 5.86. The van der Waals surface area contributed by atoms with E-state index in [1.807, 2.05) is 6.08 Å². The van der Waals surface area contributed by atoms with Gasteiger partial charge in [0.2, 0.25) is 0 Å². The van der Waals surface area contributed by atoms with Crippen LogP contribution >= 0.6 is 0 Å². The summed E-state index contributed by atoms with van der Waals surface area (Å²) in [6, 6.07) is 0. The molecule has 0 aromatic carbocycles. The van der Waals surface area contributed by atoms with E-state index < -0.39 is 0 Å². The van der Waals surface area contributed by atoms with Crippen LogP contribution < -0.4 is 0 Å². The van der Waals surface area contributed by atoms with Crippen LogP contribution in [0.15, 0.2) is 12.7 Å². The van der Waals surface area contributed by atoms with Gasteiger partial charge in [0, 0.05) is 11.8 Å². The lowest BCUT2D eigenvalue weighted by atomic mass is 9.70. The highest BCUT2D eigenvalue weighted by Crippen LogP contribution is 2.47. The van der Waals surface area contributed by atoms with Gasteiger partial charge in [-0.25, -0.2) is 0 Å². The number of hydrogen-bond donors (Lipinski definition) is 0. The van der Waals surface area contributed by atoms with Gasteiger partial charge in [0.25, 0.3) is 0 Å². The third-order valence-corrected chi connectivity index (χ3v) is 4.05. The third kappa shape index (κ3) is 2.50. The van der Waals surface area contributed by atoms with Crippen LogP contribution in [0.25, 0.3) is 0 Å². The Hall–Kier alpha value is -0.590. The van der Waals surface area contributed by atoms with E-state index >= 15 is 0 Å². The lowest BCUT2D eigenvalue weighted by molar-refractivity contribution is -0.127. The molecule has 86 valence electrons. The van der Waals surface area contributed by atoms with Crippen molar-refractivity contribution in [1.82, 2.24) is 0 Å². The van der Waals surface area contributed by atoms with Crippen molar-refractivity contribution in [1.29, 1.82) is 0 Å². The Bertz CT molecular complexity index is 242. The van der Waals surface area contributed by atoms with Gasteiger partial charge in [0.05, 0.1) is 0 Å². The summed E-state index contributed by atoms with van der Waals surface area (Å²) >= 11 is 0. The molecule has 0 aromatic heterocycles. The fourth-order valence-corrected chi connectivity index (χ4v) is 3.10. The molecule has 0 spiro atoms. The SMILES string of the molecule is C=CCCC[C@@]1(C)C(=O)CC[C@@H]1C(C)C. The van der Waals surface area contributed by atoms with E-state index in [2.05, 4.69) is 27.4 Å². The maximum Gasteiger partial charge on any atom is 0.139 e. The predicted molar refractivity (Wildman–Crippen MR) is 64.7 cm³/mol. The summed E-state index contributed by atoms with van der Waals surface area (Å²) in [5, 5.41) is 0. The first-order valence-corrected chi connectivity index (χ1v) is 6.16. The quantitative estimate of drug-likeness (QED) is 0.493. The molecule has 1 aliphatic rings. The van der Waals surface area contributed by atoms with Gasteiger partial charge in [-0.2, -0.15) is 0 Å². The number of allylic oxidation sites excluding steroid dienone is 1. The van der Waals surface area contributed by atoms with E-state index in [0.29, 0.717) is 17.6 Å². The predicted octanol–water partition coefficient (Wildman–Crippen LogP) is 3.98. The van der Waals surface area contributed by atoms with Crippen LogP contribution in [-0.4, -0.2) is 5.78 Å². The minimum Gasteiger partial charge on any atom is -0.299 e. The fourth-order valence-electron chi connectivity index (χ4n) is 3.10. The Morgan fingerprint density at radius 3 is 2.80 bits per heavy atom. The largest absolute Gasteiger partial charge is 0.299 e. The third-order valence-electron chi connectivity index (χ3n) is 4.05. The Balaban J connectivity index is 2.67. The molecule has 1 fully saturated rings. The zero-order valence-corrected chi connectivity index (χ0v) is 10.4. The Kier molecular flexibility index (Phi) is 4.12. The Morgan fingerprint density at radius 1 is 1.60 bits per heavy atom. The van der Waals surface area contributed by atoms with Gasteiger partial charge in [-0.05, 0) is 37.5 Å². The lowest BCUT2D eigenvalue weighted by Crippen LogP contribution is -2.31. The molecule has 0 aromatic rings. The minimum absolute atomic E-state index is 0.0445. The average molecular weight is 208 g/mol. The van der Waals surface area contributed by atoms with E-state index in [1.165, 1.54) is 0 Å². The normalized spacial score (nSPS) is 31.2. The number of Topliss-reactive ketones (excluding diaryl/α,β-unsaturated/α-hetero) is 1. The molecule has 0 bridgehead atoms. The van der Waals surface area contributed by atoms with E-state index in [-0.39, 0.29) is 5.41 Å². The summed E-state index contributed by atoms with van der Waals surface area (Å²) in [6.07, 6.45) is 7.03. The van der Waals surface area contributed by atoms with Crippen molar-refractivity contribution >= 4 is 5.78 Å². The summed E-state index contributed by atoms with van der Waals surface area (Å²) in [6.45, 7) is 10.4. The van der Waals surface area contributed by atoms with Crippen molar-refractivity contribution in [3.05, 3.63) is 12.7 Å². The first-order valence-electron chi connectivity index (χ1n) is 6.16. The molecular weight excluding hydrogens is 184 g/mol. The van der Waals surface area contributed by atoms with Crippen LogP contribution in [0.5, 0.6) is 0 Å². The van der Waals surface area contributed by atoms with Crippen LogP contribution in [0.3, 0.4) is 0 Å². The second-order valence-corrected chi connectivity index (χ2v) is 5.41. The standard InChI is InChI=1S/C14H24O/c1-5-6-7-10-14(4)12(11(2)3)8-9-13(14)15/h5,11-12H,1,6-10H2,2-4H3/t12-,14-/m1/s1. The van der Waals surface area contributed by atoms with Gasteiger partial charge in [-0.1, -0.05) is 26.8 Å². The van der Waals surface area contributed by atoms with Gasteiger partial charge in [0.1, 0.15) is 5.78 Å². The van der Waals surface area contributed by atoms with Crippen molar-refractivity contribution in [3.63, 3.8) is 0 Å². The fraction of sp³-hybridized carbons (Fsp3) is 0.786. The number of rotatable bonds is 5. The second-order valence-electron chi connectivity index (χ2n) is 5.41. The molecule has 0 aliphatic heterocycles. The van der Waals surface area contributed by atoms with Crippen molar-refractivity contribution in [2.75, 3.05) is 0 Å². The Labute approximate surface area is 93.9 Å².